The number of methoxy groups -OCH3 is 1. The Hall–Kier alpha value is -3.52. The lowest BCUT2D eigenvalue weighted by atomic mass is 9.96. The van der Waals surface area contributed by atoms with Crippen LogP contribution in [0.25, 0.3) is 6.08 Å². The van der Waals surface area contributed by atoms with Crippen molar-refractivity contribution in [2.45, 2.75) is 32.9 Å². The highest BCUT2D eigenvalue weighted by atomic mass is 32.1. The van der Waals surface area contributed by atoms with Crippen molar-refractivity contribution in [1.82, 2.24) is 4.57 Å². The van der Waals surface area contributed by atoms with Crippen molar-refractivity contribution < 1.29 is 18.7 Å². The fourth-order valence-corrected chi connectivity index (χ4v) is 4.73. The SMILES string of the molecule is COc1ccc(C2C(C(=O)OC(C)C)=C(C)N=c3sc(=Cc4ccccc4F)c(=O)n32)cc1. The van der Waals surface area contributed by atoms with E-state index in [2.05, 4.69) is 4.99 Å². The fourth-order valence-electron chi connectivity index (χ4n) is 3.70. The molecule has 8 heteroatoms. The minimum atomic E-state index is -0.735. The van der Waals surface area contributed by atoms with Crippen LogP contribution in [0.1, 0.15) is 37.9 Å². The van der Waals surface area contributed by atoms with Gasteiger partial charge in [-0.25, -0.2) is 14.2 Å². The third-order valence-electron chi connectivity index (χ3n) is 5.21. The summed E-state index contributed by atoms with van der Waals surface area (Å²) in [6.45, 7) is 5.25. The number of nitrogens with zero attached hydrogens (tertiary/aromatic N) is 2. The van der Waals surface area contributed by atoms with Crippen molar-refractivity contribution in [3.63, 3.8) is 0 Å². The molecule has 0 amide bonds. The highest BCUT2D eigenvalue weighted by molar-refractivity contribution is 7.07. The molecular formula is C25H23FN2O4S. The Morgan fingerprint density at radius 2 is 1.88 bits per heavy atom. The second kappa shape index (κ2) is 9.15. The molecule has 0 N–H and O–H groups in total. The molecule has 0 bridgehead atoms. The van der Waals surface area contributed by atoms with Crippen LogP contribution in [0.5, 0.6) is 5.75 Å². The molecule has 1 aliphatic rings. The molecular weight excluding hydrogens is 443 g/mol. The molecule has 0 radical (unpaired) electrons. The molecule has 1 aromatic heterocycles. The Morgan fingerprint density at radius 1 is 1.18 bits per heavy atom. The summed E-state index contributed by atoms with van der Waals surface area (Å²) in [5.74, 6) is -0.305. The number of carbonyl (C=O) groups excluding carboxylic acids is 1. The molecule has 170 valence electrons. The Balaban J connectivity index is 1.95. The molecule has 2 heterocycles. The number of allylic oxidation sites excluding steroid dienone is 1. The van der Waals surface area contributed by atoms with Gasteiger partial charge >= 0.3 is 5.97 Å². The minimum absolute atomic E-state index is 0.290. The van der Waals surface area contributed by atoms with E-state index in [0.717, 1.165) is 11.3 Å². The van der Waals surface area contributed by atoms with E-state index in [9.17, 15) is 14.0 Å². The first-order chi connectivity index (χ1) is 15.8. The first-order valence-electron chi connectivity index (χ1n) is 10.4. The van der Waals surface area contributed by atoms with Gasteiger partial charge < -0.3 is 9.47 Å². The van der Waals surface area contributed by atoms with Gasteiger partial charge in [-0.05, 0) is 50.6 Å². The van der Waals surface area contributed by atoms with E-state index < -0.39 is 17.8 Å². The lowest BCUT2D eigenvalue weighted by molar-refractivity contribution is -0.143. The van der Waals surface area contributed by atoms with Crippen molar-refractivity contribution in [3.8, 4) is 5.75 Å². The van der Waals surface area contributed by atoms with Gasteiger partial charge in [0, 0.05) is 5.56 Å². The summed E-state index contributed by atoms with van der Waals surface area (Å²) in [7, 11) is 1.57. The van der Waals surface area contributed by atoms with Gasteiger partial charge in [-0.1, -0.05) is 41.7 Å². The van der Waals surface area contributed by atoms with E-state index in [0.29, 0.717) is 37.5 Å². The van der Waals surface area contributed by atoms with Gasteiger partial charge in [0.25, 0.3) is 5.56 Å². The third kappa shape index (κ3) is 4.39. The molecule has 0 aliphatic carbocycles. The van der Waals surface area contributed by atoms with E-state index in [1.165, 1.54) is 16.7 Å². The molecule has 1 aliphatic heterocycles. The Morgan fingerprint density at radius 3 is 2.52 bits per heavy atom. The molecule has 33 heavy (non-hydrogen) atoms. The summed E-state index contributed by atoms with van der Waals surface area (Å²) in [5, 5.41) is 0. The van der Waals surface area contributed by atoms with Gasteiger partial charge in [-0.3, -0.25) is 9.36 Å². The summed E-state index contributed by atoms with van der Waals surface area (Å²) < 4.78 is 26.7. The quantitative estimate of drug-likeness (QED) is 0.541. The number of benzene rings is 2. The van der Waals surface area contributed by atoms with Gasteiger partial charge in [0.1, 0.15) is 11.6 Å². The summed E-state index contributed by atoms with van der Waals surface area (Å²) in [4.78, 5) is 31.5. The predicted octanol–water partition coefficient (Wildman–Crippen LogP) is 3.33. The number of esters is 1. The molecule has 4 rings (SSSR count). The van der Waals surface area contributed by atoms with Gasteiger partial charge in [0.15, 0.2) is 4.80 Å². The number of thiazole rings is 1. The largest absolute Gasteiger partial charge is 0.497 e. The number of rotatable bonds is 5. The van der Waals surface area contributed by atoms with Crippen molar-refractivity contribution in [2.75, 3.05) is 7.11 Å². The van der Waals surface area contributed by atoms with Crippen LogP contribution in [0.2, 0.25) is 0 Å². The van der Waals surface area contributed by atoms with Crippen LogP contribution in [0.4, 0.5) is 4.39 Å². The smallest absolute Gasteiger partial charge is 0.338 e. The second-order valence-corrected chi connectivity index (χ2v) is 8.84. The van der Waals surface area contributed by atoms with Crippen molar-refractivity contribution in [2.24, 2.45) is 4.99 Å². The Kier molecular flexibility index (Phi) is 6.29. The van der Waals surface area contributed by atoms with Crippen LogP contribution in [0, 0.1) is 5.82 Å². The summed E-state index contributed by atoms with van der Waals surface area (Å²) in [6, 6.07) is 12.7. The third-order valence-corrected chi connectivity index (χ3v) is 6.19. The van der Waals surface area contributed by atoms with Gasteiger partial charge in [-0.2, -0.15) is 0 Å². The number of carbonyl (C=O) groups is 1. The van der Waals surface area contributed by atoms with Crippen LogP contribution in [0.3, 0.4) is 0 Å². The number of aromatic nitrogens is 1. The van der Waals surface area contributed by atoms with Crippen molar-refractivity contribution in [3.05, 3.63) is 96.4 Å². The van der Waals surface area contributed by atoms with Crippen LogP contribution in [-0.2, 0) is 9.53 Å². The van der Waals surface area contributed by atoms with Crippen LogP contribution < -0.4 is 19.6 Å². The molecule has 0 saturated heterocycles. The molecule has 0 fully saturated rings. The van der Waals surface area contributed by atoms with Gasteiger partial charge in [0.2, 0.25) is 0 Å². The van der Waals surface area contributed by atoms with Crippen molar-refractivity contribution >= 4 is 23.4 Å². The normalized spacial score (nSPS) is 15.9. The van der Waals surface area contributed by atoms with E-state index in [1.807, 2.05) is 0 Å². The molecule has 2 aromatic carbocycles. The molecule has 3 aromatic rings. The zero-order valence-corrected chi connectivity index (χ0v) is 19.5. The van der Waals surface area contributed by atoms with Crippen LogP contribution in [0.15, 0.2) is 69.6 Å². The summed E-state index contributed by atoms with van der Waals surface area (Å²) in [6.07, 6.45) is 1.18. The van der Waals surface area contributed by atoms with Crippen LogP contribution >= 0.6 is 11.3 Å². The molecule has 0 spiro atoms. The van der Waals surface area contributed by atoms with E-state index in [4.69, 9.17) is 9.47 Å². The molecule has 1 atom stereocenters. The average Bonchev–Trinajstić information content (AvgIpc) is 3.08. The standard InChI is InChI=1S/C25H23FN2O4S/c1-14(2)32-24(30)21-15(3)27-25-28(22(21)16-9-11-18(31-4)12-10-16)23(29)20(33-25)13-17-7-5-6-8-19(17)26/h5-14,22H,1-4H3. The first-order valence-corrected chi connectivity index (χ1v) is 11.2. The molecule has 1 unspecified atom stereocenters. The minimum Gasteiger partial charge on any atom is -0.497 e. The zero-order valence-electron chi connectivity index (χ0n) is 18.7. The average molecular weight is 467 g/mol. The van der Waals surface area contributed by atoms with Gasteiger partial charge in [-0.15, -0.1) is 0 Å². The number of halogens is 1. The zero-order chi connectivity index (χ0) is 23.7. The highest BCUT2D eigenvalue weighted by Crippen LogP contribution is 2.31. The van der Waals surface area contributed by atoms with Gasteiger partial charge in [0.05, 0.1) is 35.1 Å². The Bertz CT molecular complexity index is 1420. The number of hydrogen-bond donors (Lipinski definition) is 0. The highest BCUT2D eigenvalue weighted by Gasteiger charge is 2.33. The van der Waals surface area contributed by atoms with Crippen LogP contribution in [-0.4, -0.2) is 23.8 Å². The number of hydrogen-bond acceptors (Lipinski definition) is 6. The first kappa shape index (κ1) is 22.7. The maximum Gasteiger partial charge on any atom is 0.338 e. The van der Waals surface area contributed by atoms with E-state index in [1.54, 1.807) is 70.3 Å². The monoisotopic (exact) mass is 466 g/mol. The molecule has 0 saturated carbocycles. The number of ether oxygens (including phenoxy) is 2. The fraction of sp³-hybridized carbons (Fsp3) is 0.240. The Labute approximate surface area is 193 Å². The lowest BCUT2D eigenvalue weighted by Crippen LogP contribution is -2.40. The molecule has 6 nitrogen and oxygen atoms in total. The summed E-state index contributed by atoms with van der Waals surface area (Å²) >= 11 is 1.15. The number of fused-ring (bicyclic) bond motifs is 1. The second-order valence-electron chi connectivity index (χ2n) is 7.83. The van der Waals surface area contributed by atoms with Crippen molar-refractivity contribution in [1.29, 1.82) is 0 Å². The van der Waals surface area contributed by atoms with E-state index in [-0.39, 0.29) is 11.7 Å². The maximum absolute atomic E-state index is 14.2. The maximum atomic E-state index is 14.2. The van der Waals surface area contributed by atoms with E-state index >= 15 is 0 Å². The topological polar surface area (TPSA) is 69.9 Å². The lowest BCUT2D eigenvalue weighted by Gasteiger charge is -2.25. The summed E-state index contributed by atoms with van der Waals surface area (Å²) in [5.41, 5.74) is 1.42. The predicted molar refractivity (Wildman–Crippen MR) is 124 cm³/mol.